The highest BCUT2D eigenvalue weighted by Gasteiger charge is 2.57. The Morgan fingerprint density at radius 2 is 1.02 bits per heavy atom. The molecule has 9 aliphatic carbocycles. The molecule has 282 valence electrons. The van der Waals surface area contributed by atoms with E-state index in [4.69, 9.17) is 0 Å². The third-order valence-corrected chi connectivity index (χ3v) is 19.8. The Bertz CT molecular complexity index is 1200. The van der Waals surface area contributed by atoms with Crippen molar-refractivity contribution in [1.82, 2.24) is 0 Å². The number of fused-ring (bicyclic) bond motifs is 1. The summed E-state index contributed by atoms with van der Waals surface area (Å²) in [6, 6.07) is 0. The van der Waals surface area contributed by atoms with Crippen molar-refractivity contribution in [2.75, 3.05) is 0 Å². The van der Waals surface area contributed by atoms with Gasteiger partial charge in [-0.1, -0.05) is 67.0 Å². The van der Waals surface area contributed by atoms with Crippen LogP contribution in [0.25, 0.3) is 0 Å². The average Bonchev–Trinajstić information content (AvgIpc) is 3.10. The molecule has 19 atom stereocenters. The maximum absolute atomic E-state index is 2.88. The smallest absolute Gasteiger partial charge is 0.0174 e. The largest absolute Gasteiger partial charge is 0.0848 e. The Hall–Kier alpha value is -0.260. The molecule has 8 saturated carbocycles. The fourth-order valence-corrected chi connectivity index (χ4v) is 18.0. The summed E-state index contributed by atoms with van der Waals surface area (Å²) in [5, 5.41) is 0. The summed E-state index contributed by atoms with van der Waals surface area (Å²) in [5.41, 5.74) is 1.000. The second-order valence-electron chi connectivity index (χ2n) is 24.0. The highest BCUT2D eigenvalue weighted by molar-refractivity contribution is 5.14. The van der Waals surface area contributed by atoms with Crippen LogP contribution in [0, 0.1) is 123 Å². The van der Waals surface area contributed by atoms with E-state index in [2.05, 4.69) is 60.6 Å². The molecule has 19 unspecified atom stereocenters. The van der Waals surface area contributed by atoms with E-state index in [0.717, 1.165) is 112 Å². The van der Waals surface area contributed by atoms with Crippen LogP contribution in [-0.2, 0) is 0 Å². The summed E-state index contributed by atoms with van der Waals surface area (Å²) >= 11 is 0. The molecule has 0 heterocycles. The number of rotatable bonds is 4. The fourth-order valence-electron chi connectivity index (χ4n) is 18.0. The highest BCUT2D eigenvalue weighted by atomic mass is 14.6. The molecule has 0 bridgehead atoms. The van der Waals surface area contributed by atoms with Crippen LogP contribution in [0.1, 0.15) is 177 Å². The van der Waals surface area contributed by atoms with Crippen molar-refractivity contribution in [3.8, 4) is 0 Å². The maximum atomic E-state index is 2.88. The number of hydrogen-bond acceptors (Lipinski definition) is 0. The molecule has 0 amide bonds. The molecule has 0 aromatic carbocycles. The van der Waals surface area contributed by atoms with E-state index >= 15 is 0 Å². The zero-order chi connectivity index (χ0) is 34.5. The second kappa shape index (κ2) is 13.5. The normalized spacial score (nSPS) is 53.1. The van der Waals surface area contributed by atoms with Gasteiger partial charge in [0.05, 0.1) is 0 Å². The van der Waals surface area contributed by atoms with Crippen molar-refractivity contribution in [3.63, 3.8) is 0 Å². The second-order valence-corrected chi connectivity index (χ2v) is 24.0. The van der Waals surface area contributed by atoms with Gasteiger partial charge in [0.25, 0.3) is 0 Å². The van der Waals surface area contributed by atoms with Crippen LogP contribution in [0.3, 0.4) is 0 Å². The average molecular weight is 683 g/mol. The first-order valence-electron chi connectivity index (χ1n) is 23.6. The van der Waals surface area contributed by atoms with Crippen molar-refractivity contribution in [2.45, 2.75) is 177 Å². The van der Waals surface area contributed by atoms with E-state index in [-0.39, 0.29) is 0 Å². The lowest BCUT2D eigenvalue weighted by Crippen LogP contribution is -2.53. The molecule has 0 nitrogen and oxygen atoms in total. The molecule has 0 aromatic heterocycles. The number of hydrogen-bond donors (Lipinski definition) is 0. The zero-order valence-corrected chi connectivity index (χ0v) is 34.3. The van der Waals surface area contributed by atoms with Gasteiger partial charge < -0.3 is 0 Å². The first kappa shape index (κ1) is 35.4. The Balaban J connectivity index is 0.858. The molecule has 0 radical (unpaired) electrons. The molecule has 8 fully saturated rings. The first-order valence-corrected chi connectivity index (χ1v) is 23.6. The quantitative estimate of drug-likeness (QED) is 0.259. The van der Waals surface area contributed by atoms with Gasteiger partial charge in [0.2, 0.25) is 0 Å². The summed E-state index contributed by atoms with van der Waals surface area (Å²) in [6.45, 7) is 17.8. The van der Waals surface area contributed by atoms with E-state index in [1.165, 1.54) is 19.3 Å². The Morgan fingerprint density at radius 1 is 0.440 bits per heavy atom. The zero-order valence-electron chi connectivity index (χ0n) is 34.3. The monoisotopic (exact) mass is 683 g/mol. The van der Waals surface area contributed by atoms with Crippen LogP contribution in [0.15, 0.2) is 12.2 Å². The van der Waals surface area contributed by atoms with Gasteiger partial charge in [0.15, 0.2) is 0 Å². The predicted octanol–water partition coefficient (Wildman–Crippen LogP) is 14.3. The van der Waals surface area contributed by atoms with Gasteiger partial charge in [0.1, 0.15) is 0 Å². The van der Waals surface area contributed by atoms with Crippen LogP contribution in [0.2, 0.25) is 0 Å². The summed E-state index contributed by atoms with van der Waals surface area (Å²) in [6.07, 6.45) is 37.2. The summed E-state index contributed by atoms with van der Waals surface area (Å²) in [7, 11) is 0. The highest BCUT2D eigenvalue weighted by Crippen LogP contribution is 2.65. The lowest BCUT2D eigenvalue weighted by atomic mass is 9.44. The molecular formula is C50H82. The van der Waals surface area contributed by atoms with E-state index < -0.39 is 0 Å². The van der Waals surface area contributed by atoms with Crippen LogP contribution >= 0.6 is 0 Å². The van der Waals surface area contributed by atoms with E-state index in [1.54, 1.807) is 109 Å². The minimum Gasteiger partial charge on any atom is -0.0848 e. The van der Waals surface area contributed by atoms with Crippen molar-refractivity contribution < 1.29 is 0 Å². The molecular weight excluding hydrogens is 601 g/mol. The molecule has 0 spiro atoms. The third-order valence-electron chi connectivity index (χ3n) is 19.8. The third kappa shape index (κ3) is 6.29. The van der Waals surface area contributed by atoms with E-state index in [0.29, 0.717) is 10.8 Å². The van der Waals surface area contributed by atoms with Crippen LogP contribution in [0.5, 0.6) is 0 Å². The molecule has 50 heavy (non-hydrogen) atoms. The van der Waals surface area contributed by atoms with Gasteiger partial charge in [-0.05, 0) is 245 Å². The summed E-state index contributed by atoms with van der Waals surface area (Å²) < 4.78 is 0. The summed E-state index contributed by atoms with van der Waals surface area (Å²) in [4.78, 5) is 0. The molecule has 0 aromatic rings. The van der Waals surface area contributed by atoms with Gasteiger partial charge in [-0.15, -0.1) is 0 Å². The molecule has 0 N–H and O–H groups in total. The van der Waals surface area contributed by atoms with Gasteiger partial charge in [0, 0.05) is 0 Å². The molecule has 0 heteroatoms. The fraction of sp³-hybridized carbons (Fsp3) is 0.960. The SMILES string of the molecule is CCC1CCC2C(C3CCC4CC(C5C=CC6CCC7CC(C(C)(C)C)CC8CCC5C6C78)CCC4C3)CCC3CCC(CC(C)(C)C)C1C32. The summed E-state index contributed by atoms with van der Waals surface area (Å²) in [5.74, 6) is 19.9. The lowest BCUT2D eigenvalue weighted by molar-refractivity contribution is -0.108. The number of allylic oxidation sites excluding steroid dienone is 2. The van der Waals surface area contributed by atoms with Crippen LogP contribution < -0.4 is 0 Å². The molecule has 9 rings (SSSR count). The van der Waals surface area contributed by atoms with Gasteiger partial charge in [-0.2, -0.15) is 0 Å². The molecule has 9 aliphatic rings. The van der Waals surface area contributed by atoms with E-state index in [1.807, 2.05) is 0 Å². The van der Waals surface area contributed by atoms with Gasteiger partial charge in [-0.25, -0.2) is 0 Å². The lowest BCUT2D eigenvalue weighted by Gasteiger charge is -2.61. The van der Waals surface area contributed by atoms with Crippen LogP contribution in [-0.4, -0.2) is 0 Å². The Morgan fingerprint density at radius 3 is 1.74 bits per heavy atom. The Labute approximate surface area is 311 Å². The molecule has 0 saturated heterocycles. The van der Waals surface area contributed by atoms with Crippen molar-refractivity contribution >= 4 is 0 Å². The van der Waals surface area contributed by atoms with Gasteiger partial charge >= 0.3 is 0 Å². The topological polar surface area (TPSA) is 0 Å². The minimum atomic E-state index is 0.493. The standard InChI is InChI=1S/C50H82/c1-8-30-17-23-43-41(22-19-32-10-16-39(29-49(2,3)4)45(30)47(32)43)35-13-11-34-26-36(14-12-33(34)25-35)42-21-18-31-9-15-37-27-40(50(5,6)7)28-38-20-24-44(42)48(31)46(37)38/h18,21,30-48H,8-17,19-20,22-29H2,1-7H3. The Kier molecular flexibility index (Phi) is 9.56. The van der Waals surface area contributed by atoms with E-state index in [9.17, 15) is 0 Å². The van der Waals surface area contributed by atoms with Crippen molar-refractivity contribution in [1.29, 1.82) is 0 Å². The molecule has 0 aliphatic heterocycles. The van der Waals surface area contributed by atoms with Crippen molar-refractivity contribution in [3.05, 3.63) is 12.2 Å². The van der Waals surface area contributed by atoms with Crippen LogP contribution in [0.4, 0.5) is 0 Å². The predicted molar refractivity (Wildman–Crippen MR) is 212 cm³/mol. The minimum absolute atomic E-state index is 0.493. The first-order chi connectivity index (χ1) is 24.0. The maximum Gasteiger partial charge on any atom is -0.0174 e. The van der Waals surface area contributed by atoms with Crippen molar-refractivity contribution in [2.24, 2.45) is 123 Å². The van der Waals surface area contributed by atoms with Gasteiger partial charge in [-0.3, -0.25) is 0 Å².